The van der Waals surface area contributed by atoms with Gasteiger partial charge in [0.15, 0.2) is 0 Å². The minimum absolute atomic E-state index is 0.274. The number of benzene rings is 2. The molecule has 0 heterocycles. The summed E-state index contributed by atoms with van der Waals surface area (Å²) in [6.07, 6.45) is 0.843. The predicted octanol–water partition coefficient (Wildman–Crippen LogP) is 2.65. The Morgan fingerprint density at radius 1 is 1.05 bits per heavy atom. The van der Waals surface area contributed by atoms with Gasteiger partial charge in [0.25, 0.3) is 0 Å². The quantitative estimate of drug-likeness (QED) is 0.824. The normalized spacial score (nSPS) is 13.0. The van der Waals surface area contributed by atoms with Gasteiger partial charge in [-0.2, -0.15) is 0 Å². The summed E-state index contributed by atoms with van der Waals surface area (Å²) in [6.45, 7) is 2.27. The smallest absolute Gasteiger partial charge is 0.240 e. The van der Waals surface area contributed by atoms with Gasteiger partial charge in [0.1, 0.15) is 0 Å². The van der Waals surface area contributed by atoms with Crippen LogP contribution in [0, 0.1) is 0 Å². The van der Waals surface area contributed by atoms with Crippen molar-refractivity contribution in [2.45, 2.75) is 30.8 Å². The van der Waals surface area contributed by atoms with Crippen LogP contribution in [-0.4, -0.2) is 20.1 Å². The third-order valence-corrected chi connectivity index (χ3v) is 4.99. The van der Waals surface area contributed by atoms with Crippen molar-refractivity contribution in [3.8, 4) is 0 Å². The zero-order valence-electron chi connectivity index (χ0n) is 12.6. The van der Waals surface area contributed by atoms with Crippen LogP contribution in [0.25, 0.3) is 0 Å². The summed E-state index contributed by atoms with van der Waals surface area (Å²) < 4.78 is 26.7. The molecule has 2 aromatic rings. The summed E-state index contributed by atoms with van der Waals surface area (Å²) in [6, 6.07) is 15.9. The highest BCUT2D eigenvalue weighted by Crippen LogP contribution is 2.16. The van der Waals surface area contributed by atoms with Gasteiger partial charge in [-0.3, -0.25) is 0 Å². The van der Waals surface area contributed by atoms with E-state index in [0.29, 0.717) is 19.4 Å². The molecule has 4 nitrogen and oxygen atoms in total. The van der Waals surface area contributed by atoms with Gasteiger partial charge in [-0.1, -0.05) is 49.4 Å². The number of aliphatic hydroxyl groups is 1. The summed E-state index contributed by atoms with van der Waals surface area (Å²) in [5.74, 6) is 0. The minimum atomic E-state index is -3.45. The monoisotopic (exact) mass is 319 g/mol. The molecule has 0 saturated carbocycles. The van der Waals surface area contributed by atoms with Gasteiger partial charge in [0.05, 0.1) is 11.0 Å². The maximum atomic E-state index is 12.1. The maximum absolute atomic E-state index is 12.1. The highest BCUT2D eigenvalue weighted by Gasteiger charge is 2.12. The average molecular weight is 319 g/mol. The van der Waals surface area contributed by atoms with Crippen molar-refractivity contribution < 1.29 is 13.5 Å². The van der Waals surface area contributed by atoms with Crippen LogP contribution in [0.1, 0.15) is 30.6 Å². The van der Waals surface area contributed by atoms with Crippen molar-refractivity contribution in [3.63, 3.8) is 0 Å². The molecule has 2 aromatic carbocycles. The number of nitrogens with one attached hydrogen (secondary N) is 1. The summed E-state index contributed by atoms with van der Waals surface area (Å²) >= 11 is 0. The van der Waals surface area contributed by atoms with Crippen LogP contribution in [0.15, 0.2) is 59.5 Å². The molecule has 1 unspecified atom stereocenters. The van der Waals surface area contributed by atoms with Crippen LogP contribution in [-0.2, 0) is 16.4 Å². The lowest BCUT2D eigenvalue weighted by molar-refractivity contribution is 0.173. The fourth-order valence-corrected chi connectivity index (χ4v) is 3.21. The van der Waals surface area contributed by atoms with E-state index in [1.807, 2.05) is 31.2 Å². The molecule has 2 rings (SSSR count). The van der Waals surface area contributed by atoms with E-state index >= 15 is 0 Å². The second-order valence-corrected chi connectivity index (χ2v) is 6.89. The first-order valence-corrected chi connectivity index (χ1v) is 8.83. The predicted molar refractivity (Wildman–Crippen MR) is 87.0 cm³/mol. The Labute approximate surface area is 131 Å². The Balaban J connectivity index is 1.91. The molecule has 0 bridgehead atoms. The fourth-order valence-electron chi connectivity index (χ4n) is 2.15. The van der Waals surface area contributed by atoms with Gasteiger partial charge in [0, 0.05) is 6.54 Å². The Bertz CT molecular complexity index is 682. The number of rotatable bonds is 7. The first kappa shape index (κ1) is 16.7. The van der Waals surface area contributed by atoms with E-state index in [2.05, 4.69) is 4.72 Å². The summed E-state index contributed by atoms with van der Waals surface area (Å²) in [5.41, 5.74) is 1.92. The van der Waals surface area contributed by atoms with E-state index in [-0.39, 0.29) is 4.90 Å². The lowest BCUT2D eigenvalue weighted by Crippen LogP contribution is -2.25. The molecule has 0 aliphatic rings. The van der Waals surface area contributed by atoms with E-state index in [1.165, 1.54) is 0 Å². The first-order valence-electron chi connectivity index (χ1n) is 7.34. The second-order valence-electron chi connectivity index (χ2n) is 5.13. The molecule has 0 radical (unpaired) electrons. The molecule has 0 aliphatic heterocycles. The lowest BCUT2D eigenvalue weighted by Gasteiger charge is -2.10. The van der Waals surface area contributed by atoms with Gasteiger partial charge < -0.3 is 5.11 Å². The average Bonchev–Trinajstić information content (AvgIpc) is 2.55. The molecular weight excluding hydrogens is 298 g/mol. The number of sulfonamides is 1. The molecule has 0 spiro atoms. The molecule has 0 amide bonds. The van der Waals surface area contributed by atoms with Crippen molar-refractivity contribution in [2.24, 2.45) is 0 Å². The van der Waals surface area contributed by atoms with E-state index in [4.69, 9.17) is 0 Å². The molecule has 0 saturated heterocycles. The van der Waals surface area contributed by atoms with Crippen molar-refractivity contribution >= 4 is 10.0 Å². The van der Waals surface area contributed by atoms with E-state index < -0.39 is 16.1 Å². The maximum Gasteiger partial charge on any atom is 0.240 e. The van der Waals surface area contributed by atoms with Crippen LogP contribution in [0.5, 0.6) is 0 Å². The number of hydrogen-bond donors (Lipinski definition) is 2. The molecule has 5 heteroatoms. The topological polar surface area (TPSA) is 66.4 Å². The van der Waals surface area contributed by atoms with Crippen LogP contribution in [0.3, 0.4) is 0 Å². The molecule has 2 N–H and O–H groups in total. The largest absolute Gasteiger partial charge is 0.388 e. The molecule has 22 heavy (non-hydrogen) atoms. The highest BCUT2D eigenvalue weighted by molar-refractivity contribution is 7.89. The van der Waals surface area contributed by atoms with Gasteiger partial charge in [0.2, 0.25) is 10.0 Å². The molecular formula is C17H21NO3S. The molecule has 1 atom stereocenters. The van der Waals surface area contributed by atoms with Crippen molar-refractivity contribution in [2.75, 3.05) is 6.54 Å². The third-order valence-electron chi connectivity index (χ3n) is 3.51. The van der Waals surface area contributed by atoms with Gasteiger partial charge in [-0.25, -0.2) is 13.1 Å². The standard InChI is InChI=1S/C17H21NO3S/c1-2-17(19)15-10-8-14(9-11-15)12-13-18-22(20,21)16-6-4-3-5-7-16/h3-11,17-19H,2,12-13H2,1H3. The zero-order chi connectivity index (χ0) is 16.0. The van der Waals surface area contributed by atoms with Crippen molar-refractivity contribution in [3.05, 3.63) is 65.7 Å². The third kappa shape index (κ3) is 4.40. The fraction of sp³-hybridized carbons (Fsp3) is 0.294. The molecule has 0 aromatic heterocycles. The van der Waals surface area contributed by atoms with Crippen LogP contribution in [0.2, 0.25) is 0 Å². The van der Waals surface area contributed by atoms with Crippen molar-refractivity contribution in [1.82, 2.24) is 4.72 Å². The molecule has 0 aliphatic carbocycles. The Morgan fingerprint density at radius 2 is 1.68 bits per heavy atom. The number of hydrogen-bond acceptors (Lipinski definition) is 3. The number of aliphatic hydroxyl groups excluding tert-OH is 1. The first-order chi connectivity index (χ1) is 10.5. The highest BCUT2D eigenvalue weighted by atomic mass is 32.2. The second kappa shape index (κ2) is 7.54. The summed E-state index contributed by atoms with van der Waals surface area (Å²) in [4.78, 5) is 0.274. The summed E-state index contributed by atoms with van der Waals surface area (Å²) in [7, 11) is -3.45. The van der Waals surface area contributed by atoms with E-state index in [9.17, 15) is 13.5 Å². The van der Waals surface area contributed by atoms with E-state index in [0.717, 1.165) is 11.1 Å². The van der Waals surface area contributed by atoms with Crippen molar-refractivity contribution in [1.29, 1.82) is 0 Å². The van der Waals surface area contributed by atoms with Crippen LogP contribution < -0.4 is 4.72 Å². The van der Waals surface area contributed by atoms with Crippen LogP contribution in [0.4, 0.5) is 0 Å². The lowest BCUT2D eigenvalue weighted by atomic mass is 10.0. The minimum Gasteiger partial charge on any atom is -0.388 e. The Kier molecular flexibility index (Phi) is 5.71. The molecule has 0 fully saturated rings. The van der Waals surface area contributed by atoms with Crippen LogP contribution >= 0.6 is 0 Å². The zero-order valence-corrected chi connectivity index (χ0v) is 13.4. The van der Waals surface area contributed by atoms with Gasteiger partial charge in [-0.05, 0) is 36.1 Å². The van der Waals surface area contributed by atoms with Gasteiger partial charge >= 0.3 is 0 Å². The SMILES string of the molecule is CCC(O)c1ccc(CCNS(=O)(=O)c2ccccc2)cc1. The summed E-state index contributed by atoms with van der Waals surface area (Å²) in [5, 5.41) is 9.74. The van der Waals surface area contributed by atoms with Gasteiger partial charge in [-0.15, -0.1) is 0 Å². The Hall–Kier alpha value is -1.69. The Morgan fingerprint density at radius 3 is 2.27 bits per heavy atom. The van der Waals surface area contributed by atoms with E-state index in [1.54, 1.807) is 30.3 Å². The molecule has 118 valence electrons.